The molecule has 0 bridgehead atoms. The lowest BCUT2D eigenvalue weighted by atomic mass is 10.1. The third-order valence-corrected chi connectivity index (χ3v) is 2.16. The Morgan fingerprint density at radius 2 is 2.06 bits per heavy atom. The third-order valence-electron chi connectivity index (χ3n) is 2.16. The standard InChI is InChI=1S/C11H15F2N3.HI/c1-14-11(15-2)16-6-5-8-3-4-9(12)7-10(8)13;/h3-4,7H,5-6H2,1-2H3,(H2,14,15,16);1H. The van der Waals surface area contributed by atoms with Gasteiger partial charge in [-0.05, 0) is 18.1 Å². The first kappa shape index (κ1) is 16.1. The highest BCUT2D eigenvalue weighted by atomic mass is 127. The first-order chi connectivity index (χ1) is 7.67. The van der Waals surface area contributed by atoms with E-state index in [0.717, 1.165) is 6.07 Å². The number of halogens is 3. The molecule has 0 saturated heterocycles. The zero-order valence-corrected chi connectivity index (χ0v) is 12.1. The molecule has 0 fully saturated rings. The molecule has 0 aliphatic carbocycles. The fourth-order valence-electron chi connectivity index (χ4n) is 1.32. The van der Waals surface area contributed by atoms with Gasteiger partial charge in [-0.3, -0.25) is 4.99 Å². The van der Waals surface area contributed by atoms with E-state index in [4.69, 9.17) is 0 Å². The first-order valence-electron chi connectivity index (χ1n) is 4.99. The molecule has 0 unspecified atom stereocenters. The first-order valence-corrected chi connectivity index (χ1v) is 4.99. The predicted molar refractivity (Wildman–Crippen MR) is 75.9 cm³/mol. The van der Waals surface area contributed by atoms with Gasteiger partial charge in [0.1, 0.15) is 11.6 Å². The van der Waals surface area contributed by atoms with E-state index in [2.05, 4.69) is 15.6 Å². The van der Waals surface area contributed by atoms with Crippen LogP contribution in [-0.2, 0) is 6.42 Å². The van der Waals surface area contributed by atoms with E-state index in [9.17, 15) is 8.78 Å². The molecule has 6 heteroatoms. The van der Waals surface area contributed by atoms with Crippen molar-refractivity contribution >= 4 is 29.9 Å². The molecule has 2 N–H and O–H groups in total. The molecule has 0 radical (unpaired) electrons. The van der Waals surface area contributed by atoms with Crippen LogP contribution in [0, 0.1) is 11.6 Å². The monoisotopic (exact) mass is 355 g/mol. The molecule has 0 heterocycles. The third kappa shape index (κ3) is 5.29. The van der Waals surface area contributed by atoms with Crippen LogP contribution in [0.3, 0.4) is 0 Å². The molecule has 0 amide bonds. The van der Waals surface area contributed by atoms with Crippen molar-refractivity contribution in [1.82, 2.24) is 10.6 Å². The Kier molecular flexibility index (Phi) is 7.77. The van der Waals surface area contributed by atoms with Crippen molar-refractivity contribution in [1.29, 1.82) is 0 Å². The van der Waals surface area contributed by atoms with Crippen molar-refractivity contribution in [3.8, 4) is 0 Å². The summed E-state index contributed by atoms with van der Waals surface area (Å²) in [6, 6.07) is 3.60. The highest BCUT2D eigenvalue weighted by Gasteiger charge is 2.03. The highest BCUT2D eigenvalue weighted by Crippen LogP contribution is 2.09. The average Bonchev–Trinajstić information content (AvgIpc) is 2.27. The molecule has 0 spiro atoms. The molecular formula is C11H16F2IN3. The maximum absolute atomic E-state index is 13.2. The van der Waals surface area contributed by atoms with Crippen molar-refractivity contribution in [2.24, 2.45) is 4.99 Å². The number of guanidine groups is 1. The van der Waals surface area contributed by atoms with Gasteiger partial charge >= 0.3 is 0 Å². The van der Waals surface area contributed by atoms with Gasteiger partial charge in [0.2, 0.25) is 0 Å². The maximum atomic E-state index is 13.2. The molecule has 17 heavy (non-hydrogen) atoms. The van der Waals surface area contributed by atoms with Gasteiger partial charge in [0.15, 0.2) is 5.96 Å². The van der Waals surface area contributed by atoms with Gasteiger partial charge in [0, 0.05) is 26.7 Å². The van der Waals surface area contributed by atoms with Crippen LogP contribution >= 0.6 is 24.0 Å². The van der Waals surface area contributed by atoms with Crippen LogP contribution in [0.25, 0.3) is 0 Å². The van der Waals surface area contributed by atoms with Crippen molar-refractivity contribution in [3.63, 3.8) is 0 Å². The van der Waals surface area contributed by atoms with Crippen molar-refractivity contribution in [2.75, 3.05) is 20.6 Å². The van der Waals surface area contributed by atoms with Gasteiger partial charge in [0.05, 0.1) is 0 Å². The summed E-state index contributed by atoms with van der Waals surface area (Å²) < 4.78 is 25.8. The van der Waals surface area contributed by atoms with Gasteiger partial charge in [-0.15, -0.1) is 24.0 Å². The minimum absolute atomic E-state index is 0. The molecule has 0 saturated carbocycles. The minimum atomic E-state index is -0.555. The lowest BCUT2D eigenvalue weighted by Gasteiger charge is -2.08. The summed E-state index contributed by atoms with van der Waals surface area (Å²) in [5.74, 6) is -0.427. The SMILES string of the molecule is CN=C(NC)NCCc1ccc(F)cc1F.I. The summed E-state index contributed by atoms with van der Waals surface area (Å²) in [6.45, 7) is 0.538. The largest absolute Gasteiger partial charge is 0.359 e. The average molecular weight is 355 g/mol. The second kappa shape index (κ2) is 8.21. The summed E-state index contributed by atoms with van der Waals surface area (Å²) >= 11 is 0. The Morgan fingerprint density at radius 1 is 1.35 bits per heavy atom. The van der Waals surface area contributed by atoms with E-state index < -0.39 is 11.6 Å². The van der Waals surface area contributed by atoms with Crippen LogP contribution in [0.4, 0.5) is 8.78 Å². The molecular weight excluding hydrogens is 339 g/mol. The van der Waals surface area contributed by atoms with Crippen LogP contribution in [0.15, 0.2) is 23.2 Å². The number of rotatable bonds is 3. The smallest absolute Gasteiger partial charge is 0.190 e. The quantitative estimate of drug-likeness (QED) is 0.494. The number of hydrogen-bond acceptors (Lipinski definition) is 1. The van der Waals surface area contributed by atoms with E-state index in [-0.39, 0.29) is 24.0 Å². The van der Waals surface area contributed by atoms with Crippen LogP contribution in [0.5, 0.6) is 0 Å². The fourth-order valence-corrected chi connectivity index (χ4v) is 1.32. The molecule has 1 aromatic carbocycles. The molecule has 96 valence electrons. The molecule has 0 aliphatic rings. The van der Waals surface area contributed by atoms with Crippen molar-refractivity contribution in [2.45, 2.75) is 6.42 Å². The van der Waals surface area contributed by atoms with Crippen LogP contribution in [-0.4, -0.2) is 26.6 Å². The van der Waals surface area contributed by atoms with Crippen LogP contribution in [0.2, 0.25) is 0 Å². The lowest BCUT2D eigenvalue weighted by molar-refractivity contribution is 0.570. The number of nitrogens with zero attached hydrogens (tertiary/aromatic N) is 1. The Morgan fingerprint density at radius 3 is 2.59 bits per heavy atom. The second-order valence-electron chi connectivity index (χ2n) is 3.23. The summed E-state index contributed by atoms with van der Waals surface area (Å²) in [4.78, 5) is 3.91. The van der Waals surface area contributed by atoms with Crippen molar-refractivity contribution < 1.29 is 8.78 Å². The van der Waals surface area contributed by atoms with Gasteiger partial charge < -0.3 is 10.6 Å². The number of hydrogen-bond donors (Lipinski definition) is 2. The van der Waals surface area contributed by atoms with E-state index >= 15 is 0 Å². The van der Waals surface area contributed by atoms with E-state index in [1.807, 2.05) is 0 Å². The Labute approximate surface area is 117 Å². The summed E-state index contributed by atoms with van der Waals surface area (Å²) in [5, 5.41) is 5.83. The molecule has 1 aromatic rings. The van der Waals surface area contributed by atoms with Crippen LogP contribution in [0.1, 0.15) is 5.56 Å². The van der Waals surface area contributed by atoms with E-state index in [0.29, 0.717) is 24.5 Å². The van der Waals surface area contributed by atoms with E-state index in [1.54, 1.807) is 14.1 Å². The lowest BCUT2D eigenvalue weighted by Crippen LogP contribution is -2.35. The Bertz CT molecular complexity index is 383. The maximum Gasteiger partial charge on any atom is 0.190 e. The zero-order chi connectivity index (χ0) is 12.0. The normalized spacial score (nSPS) is 10.7. The number of aliphatic imine (C=N–C) groups is 1. The van der Waals surface area contributed by atoms with Gasteiger partial charge in [-0.2, -0.15) is 0 Å². The topological polar surface area (TPSA) is 36.4 Å². The Hall–Kier alpha value is -0.920. The van der Waals surface area contributed by atoms with Crippen molar-refractivity contribution in [3.05, 3.63) is 35.4 Å². The zero-order valence-electron chi connectivity index (χ0n) is 9.76. The molecule has 3 nitrogen and oxygen atoms in total. The molecule has 0 aliphatic heterocycles. The second-order valence-corrected chi connectivity index (χ2v) is 3.23. The van der Waals surface area contributed by atoms with Gasteiger partial charge in [-0.1, -0.05) is 6.07 Å². The summed E-state index contributed by atoms with van der Waals surface area (Å²) in [6.07, 6.45) is 0.479. The van der Waals surface area contributed by atoms with Gasteiger partial charge in [0.25, 0.3) is 0 Å². The molecule has 0 aromatic heterocycles. The van der Waals surface area contributed by atoms with Crippen LogP contribution < -0.4 is 10.6 Å². The molecule has 1 rings (SSSR count). The summed E-state index contributed by atoms with van der Waals surface area (Å²) in [5.41, 5.74) is 0.487. The van der Waals surface area contributed by atoms with Gasteiger partial charge in [-0.25, -0.2) is 8.78 Å². The Balaban J connectivity index is 0.00000256. The fraction of sp³-hybridized carbons (Fsp3) is 0.364. The molecule has 0 atom stereocenters. The minimum Gasteiger partial charge on any atom is -0.359 e. The number of benzene rings is 1. The van der Waals surface area contributed by atoms with E-state index in [1.165, 1.54) is 12.1 Å². The predicted octanol–water partition coefficient (Wildman–Crippen LogP) is 1.92. The number of nitrogens with one attached hydrogen (secondary N) is 2. The summed E-state index contributed by atoms with van der Waals surface area (Å²) in [7, 11) is 3.39. The highest BCUT2D eigenvalue weighted by molar-refractivity contribution is 14.0.